The van der Waals surface area contributed by atoms with E-state index in [9.17, 15) is 10.1 Å². The minimum atomic E-state index is -0.433. The number of rotatable bonds is 8. The molecule has 0 bridgehead atoms. The first-order valence-corrected chi connectivity index (χ1v) is 6.05. The number of ether oxygens (including phenoxy) is 1. The van der Waals surface area contributed by atoms with E-state index < -0.39 is 4.92 Å². The van der Waals surface area contributed by atoms with Crippen LogP contribution in [0.1, 0.15) is 26.7 Å². The molecule has 0 saturated carbocycles. The average Bonchev–Trinajstić information content (AvgIpc) is 2.33. The molecule has 0 unspecified atom stereocenters. The molecule has 0 amide bonds. The highest BCUT2D eigenvalue weighted by Crippen LogP contribution is 2.21. The van der Waals surface area contributed by atoms with Crippen molar-refractivity contribution in [2.45, 2.75) is 32.8 Å². The van der Waals surface area contributed by atoms with Gasteiger partial charge in [0.05, 0.1) is 11.0 Å². The second-order valence-electron chi connectivity index (χ2n) is 4.20. The molecule has 1 N–H and O–H groups in total. The van der Waals surface area contributed by atoms with Gasteiger partial charge in [-0.25, -0.2) is 0 Å². The highest BCUT2D eigenvalue weighted by atomic mass is 16.6. The number of pyridine rings is 1. The normalized spacial score (nSPS) is 10.6. The highest BCUT2D eigenvalue weighted by molar-refractivity contribution is 5.59. The maximum atomic E-state index is 10.7. The van der Waals surface area contributed by atoms with E-state index in [-0.39, 0.29) is 11.8 Å². The zero-order chi connectivity index (χ0) is 13.4. The summed E-state index contributed by atoms with van der Waals surface area (Å²) in [6.45, 7) is 5.40. The number of hydrogen-bond acceptors (Lipinski definition) is 5. The number of anilines is 1. The van der Waals surface area contributed by atoms with Gasteiger partial charge in [0.25, 0.3) is 0 Å². The van der Waals surface area contributed by atoms with Gasteiger partial charge in [0.2, 0.25) is 0 Å². The van der Waals surface area contributed by atoms with E-state index in [0.29, 0.717) is 12.2 Å². The van der Waals surface area contributed by atoms with Crippen molar-refractivity contribution in [2.75, 3.05) is 18.5 Å². The lowest BCUT2D eigenvalue weighted by atomic mass is 10.3. The van der Waals surface area contributed by atoms with E-state index in [1.165, 1.54) is 12.4 Å². The number of hydrogen-bond donors (Lipinski definition) is 1. The maximum Gasteiger partial charge on any atom is 0.310 e. The van der Waals surface area contributed by atoms with Crippen molar-refractivity contribution in [3.63, 3.8) is 0 Å². The van der Waals surface area contributed by atoms with Crippen molar-refractivity contribution >= 4 is 11.4 Å². The van der Waals surface area contributed by atoms with Gasteiger partial charge in [-0.2, -0.15) is 0 Å². The highest BCUT2D eigenvalue weighted by Gasteiger charge is 2.11. The molecule has 6 nitrogen and oxygen atoms in total. The van der Waals surface area contributed by atoms with E-state index >= 15 is 0 Å². The predicted octanol–water partition coefficient (Wildman–Crippen LogP) is 2.61. The second kappa shape index (κ2) is 7.60. The fraction of sp³-hybridized carbons (Fsp3) is 0.583. The Kier molecular flexibility index (Phi) is 6.07. The minimum absolute atomic E-state index is 0.0101. The van der Waals surface area contributed by atoms with E-state index in [1.54, 1.807) is 6.07 Å². The van der Waals surface area contributed by atoms with Crippen molar-refractivity contribution < 1.29 is 9.66 Å². The Bertz CT molecular complexity index is 383. The molecule has 0 spiro atoms. The molecule has 0 atom stereocenters. The molecule has 0 fully saturated rings. The van der Waals surface area contributed by atoms with Gasteiger partial charge in [0.1, 0.15) is 11.9 Å². The van der Waals surface area contributed by atoms with Gasteiger partial charge >= 0.3 is 5.69 Å². The Hall–Kier alpha value is -1.69. The van der Waals surface area contributed by atoms with Crippen LogP contribution in [0.25, 0.3) is 0 Å². The number of aromatic nitrogens is 1. The van der Waals surface area contributed by atoms with Gasteiger partial charge < -0.3 is 10.1 Å². The van der Waals surface area contributed by atoms with Gasteiger partial charge in [-0.3, -0.25) is 15.1 Å². The molecular formula is C12H19N3O3. The number of nitrogens with zero attached hydrogens (tertiary/aromatic N) is 2. The largest absolute Gasteiger partial charge is 0.379 e. The molecule has 0 aliphatic heterocycles. The first-order valence-electron chi connectivity index (χ1n) is 6.05. The van der Waals surface area contributed by atoms with Crippen LogP contribution in [0.2, 0.25) is 0 Å². The van der Waals surface area contributed by atoms with Crippen molar-refractivity contribution in [1.82, 2.24) is 4.98 Å². The Labute approximate surface area is 107 Å². The minimum Gasteiger partial charge on any atom is -0.379 e. The van der Waals surface area contributed by atoms with E-state index in [0.717, 1.165) is 19.4 Å². The molecular weight excluding hydrogens is 234 g/mol. The molecule has 1 rings (SSSR count). The summed E-state index contributed by atoms with van der Waals surface area (Å²) < 4.78 is 5.41. The van der Waals surface area contributed by atoms with Crippen molar-refractivity contribution in [3.05, 3.63) is 28.6 Å². The standard InChI is InChI=1S/C12H19N3O3/c1-10(2)18-8-4-3-6-14-11-5-7-13-9-12(11)15(16)17/h5,7,9-10H,3-4,6,8H2,1-2H3,(H,13,14). The molecule has 1 aromatic heterocycles. The summed E-state index contributed by atoms with van der Waals surface area (Å²) in [6, 6.07) is 1.61. The lowest BCUT2D eigenvalue weighted by molar-refractivity contribution is -0.384. The Morgan fingerprint density at radius 2 is 2.28 bits per heavy atom. The second-order valence-corrected chi connectivity index (χ2v) is 4.20. The summed E-state index contributed by atoms with van der Waals surface area (Å²) in [7, 11) is 0. The third kappa shape index (κ3) is 5.09. The molecule has 0 saturated heterocycles. The van der Waals surface area contributed by atoms with Crippen LogP contribution in [0.3, 0.4) is 0 Å². The van der Waals surface area contributed by atoms with Crippen LogP contribution in [0.4, 0.5) is 11.4 Å². The summed E-state index contributed by atoms with van der Waals surface area (Å²) in [4.78, 5) is 14.0. The van der Waals surface area contributed by atoms with Crippen molar-refractivity contribution in [2.24, 2.45) is 0 Å². The molecule has 100 valence electrons. The van der Waals surface area contributed by atoms with Crippen molar-refractivity contribution in [1.29, 1.82) is 0 Å². The molecule has 0 radical (unpaired) electrons. The lowest BCUT2D eigenvalue weighted by Gasteiger charge is -2.08. The summed E-state index contributed by atoms with van der Waals surface area (Å²) in [5.74, 6) is 0. The number of nitrogens with one attached hydrogen (secondary N) is 1. The topological polar surface area (TPSA) is 77.3 Å². The molecule has 6 heteroatoms. The molecule has 1 heterocycles. The smallest absolute Gasteiger partial charge is 0.310 e. The summed E-state index contributed by atoms with van der Waals surface area (Å²) in [5.41, 5.74) is 0.524. The van der Waals surface area contributed by atoms with E-state index in [2.05, 4.69) is 10.3 Å². The van der Waals surface area contributed by atoms with E-state index in [4.69, 9.17) is 4.74 Å². The van der Waals surface area contributed by atoms with Crippen LogP contribution < -0.4 is 5.32 Å². The third-order valence-electron chi connectivity index (χ3n) is 2.33. The number of unbranched alkanes of at least 4 members (excludes halogenated alkanes) is 1. The van der Waals surface area contributed by atoms with Gasteiger partial charge in [-0.15, -0.1) is 0 Å². The predicted molar refractivity (Wildman–Crippen MR) is 69.7 cm³/mol. The average molecular weight is 253 g/mol. The van der Waals surface area contributed by atoms with Crippen molar-refractivity contribution in [3.8, 4) is 0 Å². The molecule has 18 heavy (non-hydrogen) atoms. The SMILES string of the molecule is CC(C)OCCCCNc1ccncc1[N+](=O)[O-]. The Morgan fingerprint density at radius 1 is 1.50 bits per heavy atom. The van der Waals surface area contributed by atoms with Crippen LogP contribution in [0.15, 0.2) is 18.5 Å². The first kappa shape index (κ1) is 14.4. The maximum absolute atomic E-state index is 10.7. The zero-order valence-electron chi connectivity index (χ0n) is 10.8. The fourth-order valence-corrected chi connectivity index (χ4v) is 1.45. The molecule has 1 aromatic rings. The Morgan fingerprint density at radius 3 is 2.94 bits per heavy atom. The Balaban J connectivity index is 2.29. The molecule has 0 aliphatic carbocycles. The van der Waals surface area contributed by atoms with Crippen LogP contribution in [-0.4, -0.2) is 29.2 Å². The molecule has 0 aliphatic rings. The van der Waals surface area contributed by atoms with Crippen LogP contribution in [-0.2, 0) is 4.74 Å². The third-order valence-corrected chi connectivity index (χ3v) is 2.33. The summed E-state index contributed by atoms with van der Waals surface area (Å²) >= 11 is 0. The van der Waals surface area contributed by atoms with Gasteiger partial charge in [-0.05, 0) is 32.8 Å². The summed E-state index contributed by atoms with van der Waals surface area (Å²) in [5, 5.41) is 13.8. The van der Waals surface area contributed by atoms with Crippen LogP contribution >= 0.6 is 0 Å². The fourth-order valence-electron chi connectivity index (χ4n) is 1.45. The first-order chi connectivity index (χ1) is 8.61. The van der Waals surface area contributed by atoms with Crippen LogP contribution in [0.5, 0.6) is 0 Å². The number of nitro groups is 1. The van der Waals surface area contributed by atoms with Crippen LogP contribution in [0, 0.1) is 10.1 Å². The zero-order valence-corrected chi connectivity index (χ0v) is 10.8. The van der Waals surface area contributed by atoms with E-state index in [1.807, 2.05) is 13.8 Å². The quantitative estimate of drug-likeness (QED) is 0.437. The van der Waals surface area contributed by atoms with Gasteiger partial charge in [-0.1, -0.05) is 0 Å². The monoisotopic (exact) mass is 253 g/mol. The van der Waals surface area contributed by atoms with Gasteiger partial charge in [0.15, 0.2) is 0 Å². The lowest BCUT2D eigenvalue weighted by Crippen LogP contribution is -2.08. The molecule has 0 aromatic carbocycles. The van der Waals surface area contributed by atoms with Gasteiger partial charge in [0, 0.05) is 19.3 Å². The summed E-state index contributed by atoms with van der Waals surface area (Å²) in [6.07, 6.45) is 4.89.